The van der Waals surface area contributed by atoms with Crippen LogP contribution in [0.4, 0.5) is 5.69 Å². The Morgan fingerprint density at radius 3 is 2.18 bits per heavy atom. The molecule has 2 amide bonds. The lowest BCUT2D eigenvalue weighted by molar-refractivity contribution is -0.140. The zero-order chi connectivity index (χ0) is 28.0. The molecule has 3 rings (SSSR count). The molecule has 0 unspecified atom stereocenters. The smallest absolute Gasteiger partial charge is 0.244 e. The number of hydrogen-bond acceptors (Lipinski definition) is 4. The molecule has 0 aliphatic heterocycles. The molecule has 208 valence electrons. The summed E-state index contributed by atoms with van der Waals surface area (Å²) in [6, 6.07) is 11.4. The van der Waals surface area contributed by atoms with Crippen molar-refractivity contribution in [2.24, 2.45) is 0 Å². The van der Waals surface area contributed by atoms with Gasteiger partial charge in [-0.3, -0.25) is 13.9 Å². The van der Waals surface area contributed by atoms with Crippen molar-refractivity contribution in [2.45, 2.75) is 77.4 Å². The van der Waals surface area contributed by atoms with E-state index >= 15 is 0 Å². The summed E-state index contributed by atoms with van der Waals surface area (Å²) < 4.78 is 27.1. The van der Waals surface area contributed by atoms with Crippen LogP contribution in [0.1, 0.15) is 69.9 Å². The van der Waals surface area contributed by atoms with Crippen molar-refractivity contribution in [3.05, 3.63) is 63.6 Å². The standard InChI is InChI=1S/C28H37Cl2N3O4S/c1-5-25(28(35)31-20-11-6-7-12-20)32(17-22-23(29)14-10-15-24(22)30)27(34)18-33(38(4,36)37)26-16-9-8-13-21(26)19(2)3/h8-10,13-16,19-20,25H,5-7,11-12,17-18H2,1-4H3,(H,31,35)/t25-/m1/s1. The largest absolute Gasteiger partial charge is 0.352 e. The summed E-state index contributed by atoms with van der Waals surface area (Å²) in [5, 5.41) is 3.82. The van der Waals surface area contributed by atoms with Gasteiger partial charge in [-0.2, -0.15) is 0 Å². The second-order valence-electron chi connectivity index (χ2n) is 10.1. The van der Waals surface area contributed by atoms with Crippen LogP contribution < -0.4 is 9.62 Å². The van der Waals surface area contributed by atoms with E-state index in [9.17, 15) is 18.0 Å². The van der Waals surface area contributed by atoms with E-state index < -0.39 is 28.5 Å². The molecule has 2 aromatic carbocycles. The number of nitrogens with zero attached hydrogens (tertiary/aromatic N) is 2. The molecule has 0 aromatic heterocycles. The number of hydrogen-bond donors (Lipinski definition) is 1. The molecular weight excluding hydrogens is 545 g/mol. The molecule has 10 heteroatoms. The van der Waals surface area contributed by atoms with Crippen LogP contribution in [0.3, 0.4) is 0 Å². The predicted molar refractivity (Wildman–Crippen MR) is 154 cm³/mol. The van der Waals surface area contributed by atoms with Crippen LogP contribution in [-0.2, 0) is 26.2 Å². The first-order valence-corrected chi connectivity index (χ1v) is 15.6. The predicted octanol–water partition coefficient (Wildman–Crippen LogP) is 5.75. The first kappa shape index (κ1) is 30.3. The van der Waals surface area contributed by atoms with Gasteiger partial charge in [-0.15, -0.1) is 0 Å². The van der Waals surface area contributed by atoms with Gasteiger partial charge in [0.05, 0.1) is 11.9 Å². The third-order valence-corrected chi connectivity index (χ3v) is 8.82. The van der Waals surface area contributed by atoms with Crippen LogP contribution in [-0.4, -0.2) is 50.0 Å². The van der Waals surface area contributed by atoms with E-state index in [1.807, 2.05) is 32.9 Å². The van der Waals surface area contributed by atoms with Crippen LogP contribution in [0.25, 0.3) is 0 Å². The summed E-state index contributed by atoms with van der Waals surface area (Å²) in [5.74, 6) is -0.744. The van der Waals surface area contributed by atoms with Gasteiger partial charge in [0.15, 0.2) is 0 Å². The number of nitrogens with one attached hydrogen (secondary N) is 1. The van der Waals surface area contributed by atoms with Gasteiger partial charge in [0.1, 0.15) is 12.6 Å². The Morgan fingerprint density at radius 1 is 1.03 bits per heavy atom. The molecule has 0 heterocycles. The van der Waals surface area contributed by atoms with Crippen molar-refractivity contribution in [2.75, 3.05) is 17.1 Å². The Morgan fingerprint density at radius 2 is 1.63 bits per heavy atom. The minimum Gasteiger partial charge on any atom is -0.352 e. The number of para-hydroxylation sites is 1. The van der Waals surface area contributed by atoms with E-state index in [2.05, 4.69) is 5.32 Å². The second kappa shape index (κ2) is 13.2. The van der Waals surface area contributed by atoms with Crippen molar-refractivity contribution < 1.29 is 18.0 Å². The van der Waals surface area contributed by atoms with Crippen LogP contribution in [0.15, 0.2) is 42.5 Å². The minimum absolute atomic E-state index is 0.0304. The van der Waals surface area contributed by atoms with E-state index in [-0.39, 0.29) is 24.4 Å². The zero-order valence-electron chi connectivity index (χ0n) is 22.4. The zero-order valence-corrected chi connectivity index (χ0v) is 24.7. The topological polar surface area (TPSA) is 86.8 Å². The lowest BCUT2D eigenvalue weighted by atomic mass is 10.0. The van der Waals surface area contributed by atoms with Crippen LogP contribution in [0, 0.1) is 0 Å². The Kier molecular flexibility index (Phi) is 10.5. The summed E-state index contributed by atoms with van der Waals surface area (Å²) in [5.41, 5.74) is 1.75. The Balaban J connectivity index is 2.01. The molecule has 1 atom stereocenters. The van der Waals surface area contributed by atoms with Gasteiger partial charge in [0.2, 0.25) is 21.8 Å². The summed E-state index contributed by atoms with van der Waals surface area (Å²) in [6.45, 7) is 5.27. The van der Waals surface area contributed by atoms with E-state index in [0.717, 1.165) is 41.8 Å². The molecule has 0 spiro atoms. The monoisotopic (exact) mass is 581 g/mol. The van der Waals surface area contributed by atoms with Gasteiger partial charge in [-0.05, 0) is 48.9 Å². The number of sulfonamides is 1. The lowest BCUT2D eigenvalue weighted by Gasteiger charge is -2.34. The summed E-state index contributed by atoms with van der Waals surface area (Å²) in [4.78, 5) is 28.8. The first-order chi connectivity index (χ1) is 17.9. The molecule has 0 saturated heterocycles. The number of rotatable bonds is 11. The lowest BCUT2D eigenvalue weighted by Crippen LogP contribution is -2.53. The highest BCUT2D eigenvalue weighted by atomic mass is 35.5. The molecule has 1 aliphatic carbocycles. The molecule has 0 radical (unpaired) electrons. The fraction of sp³-hybridized carbons (Fsp3) is 0.500. The first-order valence-electron chi connectivity index (χ1n) is 13.0. The van der Waals surface area contributed by atoms with Gasteiger partial charge >= 0.3 is 0 Å². The van der Waals surface area contributed by atoms with Gasteiger partial charge in [-0.25, -0.2) is 8.42 Å². The van der Waals surface area contributed by atoms with Crippen molar-refractivity contribution in [1.29, 1.82) is 0 Å². The van der Waals surface area contributed by atoms with Gasteiger partial charge in [-0.1, -0.05) is 81.1 Å². The third-order valence-electron chi connectivity index (χ3n) is 6.98. The molecule has 38 heavy (non-hydrogen) atoms. The molecule has 1 N–H and O–H groups in total. The maximum absolute atomic E-state index is 14.0. The Hall–Kier alpha value is -2.29. The van der Waals surface area contributed by atoms with Crippen LogP contribution in [0.5, 0.6) is 0 Å². The highest BCUT2D eigenvalue weighted by Gasteiger charge is 2.34. The molecule has 2 aromatic rings. The minimum atomic E-state index is -3.83. The summed E-state index contributed by atoms with van der Waals surface area (Å²) >= 11 is 12.9. The summed E-state index contributed by atoms with van der Waals surface area (Å²) in [6.07, 6.45) is 5.33. The number of amides is 2. The highest BCUT2D eigenvalue weighted by molar-refractivity contribution is 7.92. The van der Waals surface area contributed by atoms with Crippen LogP contribution >= 0.6 is 23.2 Å². The van der Waals surface area contributed by atoms with E-state index in [1.165, 1.54) is 4.90 Å². The number of benzene rings is 2. The molecular formula is C28H37Cl2N3O4S. The average Bonchev–Trinajstić information content (AvgIpc) is 3.36. The average molecular weight is 583 g/mol. The van der Waals surface area contributed by atoms with Gasteiger partial charge < -0.3 is 10.2 Å². The van der Waals surface area contributed by atoms with Crippen molar-refractivity contribution >= 4 is 50.7 Å². The quantitative estimate of drug-likeness (QED) is 0.366. The fourth-order valence-electron chi connectivity index (χ4n) is 4.94. The maximum atomic E-state index is 14.0. The molecule has 7 nitrogen and oxygen atoms in total. The number of carbonyl (C=O) groups is 2. The normalized spacial score (nSPS) is 14.9. The number of anilines is 1. The highest BCUT2D eigenvalue weighted by Crippen LogP contribution is 2.31. The van der Waals surface area contributed by atoms with Crippen LogP contribution in [0.2, 0.25) is 10.0 Å². The van der Waals surface area contributed by atoms with Crippen molar-refractivity contribution in [1.82, 2.24) is 10.2 Å². The number of halogens is 2. The second-order valence-corrected chi connectivity index (χ2v) is 12.8. The Bertz CT molecular complexity index is 1230. The molecule has 0 bridgehead atoms. The van der Waals surface area contributed by atoms with Gasteiger partial charge in [0, 0.05) is 28.2 Å². The van der Waals surface area contributed by atoms with E-state index in [4.69, 9.17) is 23.2 Å². The fourth-order valence-corrected chi connectivity index (χ4v) is 6.32. The Labute approximate surface area is 236 Å². The SMILES string of the molecule is CC[C@H](C(=O)NC1CCCC1)N(Cc1c(Cl)cccc1Cl)C(=O)CN(c1ccccc1C(C)C)S(C)(=O)=O. The van der Waals surface area contributed by atoms with Crippen molar-refractivity contribution in [3.63, 3.8) is 0 Å². The third kappa shape index (κ3) is 7.42. The molecule has 1 fully saturated rings. The van der Waals surface area contributed by atoms with E-state index in [1.54, 1.807) is 30.3 Å². The van der Waals surface area contributed by atoms with E-state index in [0.29, 0.717) is 27.7 Å². The maximum Gasteiger partial charge on any atom is 0.244 e. The van der Waals surface area contributed by atoms with Crippen molar-refractivity contribution in [3.8, 4) is 0 Å². The molecule has 1 saturated carbocycles. The summed E-state index contributed by atoms with van der Waals surface area (Å²) in [7, 11) is -3.83. The van der Waals surface area contributed by atoms with Gasteiger partial charge in [0.25, 0.3) is 0 Å². The molecule has 1 aliphatic rings. The number of carbonyl (C=O) groups excluding carboxylic acids is 2.